The molecular weight excluding hydrogens is 164 g/mol. The molecular formula is C10H22N2O. The van der Waals surface area contributed by atoms with Gasteiger partial charge in [-0.05, 0) is 26.7 Å². The van der Waals surface area contributed by atoms with Gasteiger partial charge in [0.25, 0.3) is 0 Å². The molecule has 1 fully saturated rings. The van der Waals surface area contributed by atoms with Crippen molar-refractivity contribution in [1.29, 1.82) is 0 Å². The van der Waals surface area contributed by atoms with Crippen molar-refractivity contribution in [3.05, 3.63) is 0 Å². The zero-order valence-corrected chi connectivity index (χ0v) is 9.02. The van der Waals surface area contributed by atoms with Crippen molar-refractivity contribution in [2.75, 3.05) is 26.7 Å². The third-order valence-corrected chi connectivity index (χ3v) is 2.42. The summed E-state index contributed by atoms with van der Waals surface area (Å²) in [5, 5.41) is 6.83. The molecule has 0 saturated heterocycles. The fourth-order valence-corrected chi connectivity index (χ4v) is 1.11. The molecule has 0 atom stereocenters. The monoisotopic (exact) mass is 186 g/mol. The van der Waals surface area contributed by atoms with Gasteiger partial charge in [-0.2, -0.15) is 0 Å². The number of rotatable bonds is 7. The average molecular weight is 186 g/mol. The van der Waals surface area contributed by atoms with E-state index in [0.717, 1.165) is 25.7 Å². The Kier molecular flexibility index (Phi) is 4.16. The first-order chi connectivity index (χ1) is 6.14. The van der Waals surface area contributed by atoms with Crippen LogP contribution in [0.15, 0.2) is 0 Å². The normalized spacial score (nSPS) is 17.8. The summed E-state index contributed by atoms with van der Waals surface area (Å²) in [6.07, 6.45) is 2.73. The van der Waals surface area contributed by atoms with Crippen LogP contribution in [0.3, 0.4) is 0 Å². The van der Waals surface area contributed by atoms with E-state index in [4.69, 9.17) is 4.74 Å². The molecule has 1 rings (SSSR count). The van der Waals surface area contributed by atoms with Crippen molar-refractivity contribution in [3.8, 4) is 0 Å². The van der Waals surface area contributed by atoms with Gasteiger partial charge in [0.05, 0.1) is 5.60 Å². The highest BCUT2D eigenvalue weighted by atomic mass is 16.5. The van der Waals surface area contributed by atoms with Crippen LogP contribution in [0.1, 0.15) is 26.7 Å². The van der Waals surface area contributed by atoms with Crippen LogP contribution in [-0.4, -0.2) is 38.4 Å². The first-order valence-corrected chi connectivity index (χ1v) is 5.13. The molecule has 78 valence electrons. The van der Waals surface area contributed by atoms with E-state index in [1.807, 2.05) is 0 Å². The average Bonchev–Trinajstić information content (AvgIpc) is 2.87. The van der Waals surface area contributed by atoms with Gasteiger partial charge in [-0.25, -0.2) is 0 Å². The quantitative estimate of drug-likeness (QED) is 0.576. The molecule has 0 aliphatic heterocycles. The van der Waals surface area contributed by atoms with Crippen LogP contribution < -0.4 is 10.6 Å². The Labute approximate surface area is 81.2 Å². The van der Waals surface area contributed by atoms with E-state index in [9.17, 15) is 0 Å². The lowest BCUT2D eigenvalue weighted by molar-refractivity contribution is 0.0235. The topological polar surface area (TPSA) is 33.3 Å². The van der Waals surface area contributed by atoms with Crippen molar-refractivity contribution < 1.29 is 4.74 Å². The van der Waals surface area contributed by atoms with E-state index >= 15 is 0 Å². The second-order valence-electron chi connectivity index (χ2n) is 4.37. The molecule has 1 aliphatic carbocycles. The van der Waals surface area contributed by atoms with Crippen LogP contribution in [0.5, 0.6) is 0 Å². The Morgan fingerprint density at radius 3 is 2.54 bits per heavy atom. The Bertz CT molecular complexity index is 144. The summed E-state index contributed by atoms with van der Waals surface area (Å²) in [7, 11) is 1.75. The number of methoxy groups -OCH3 is 1. The van der Waals surface area contributed by atoms with Crippen molar-refractivity contribution >= 4 is 0 Å². The maximum absolute atomic E-state index is 5.29. The summed E-state index contributed by atoms with van der Waals surface area (Å²) in [5.74, 6) is 0. The predicted molar refractivity (Wildman–Crippen MR) is 55.0 cm³/mol. The molecule has 3 nitrogen and oxygen atoms in total. The molecule has 1 aliphatic rings. The lowest BCUT2D eigenvalue weighted by atomic mass is 10.1. The van der Waals surface area contributed by atoms with Crippen molar-refractivity contribution in [3.63, 3.8) is 0 Å². The molecule has 13 heavy (non-hydrogen) atoms. The summed E-state index contributed by atoms with van der Waals surface area (Å²) in [4.78, 5) is 0. The van der Waals surface area contributed by atoms with E-state index < -0.39 is 0 Å². The zero-order valence-electron chi connectivity index (χ0n) is 9.02. The highest BCUT2D eigenvalue weighted by molar-refractivity contribution is 4.81. The van der Waals surface area contributed by atoms with Gasteiger partial charge >= 0.3 is 0 Å². The minimum Gasteiger partial charge on any atom is -0.377 e. The Hall–Kier alpha value is -0.120. The molecule has 0 aromatic carbocycles. The molecule has 0 amide bonds. The van der Waals surface area contributed by atoms with Crippen molar-refractivity contribution in [1.82, 2.24) is 10.6 Å². The van der Waals surface area contributed by atoms with Crippen LogP contribution in [0.4, 0.5) is 0 Å². The zero-order chi connectivity index (χ0) is 9.73. The van der Waals surface area contributed by atoms with Gasteiger partial charge in [0, 0.05) is 32.8 Å². The van der Waals surface area contributed by atoms with Gasteiger partial charge in [-0.1, -0.05) is 0 Å². The minimum atomic E-state index is -0.0421. The molecule has 0 radical (unpaired) electrons. The Morgan fingerprint density at radius 2 is 2.00 bits per heavy atom. The highest BCUT2D eigenvalue weighted by Crippen LogP contribution is 2.17. The third kappa shape index (κ3) is 5.24. The Morgan fingerprint density at radius 1 is 1.31 bits per heavy atom. The predicted octanol–water partition coefficient (Wildman–Crippen LogP) is 0.753. The SMILES string of the molecule is COC(C)(C)CNCCNC1CC1. The van der Waals surface area contributed by atoms with Gasteiger partial charge in [0.1, 0.15) is 0 Å². The minimum absolute atomic E-state index is 0.0421. The van der Waals surface area contributed by atoms with Crippen LogP contribution >= 0.6 is 0 Å². The first-order valence-electron chi connectivity index (χ1n) is 5.13. The smallest absolute Gasteiger partial charge is 0.0746 e. The van der Waals surface area contributed by atoms with E-state index in [0.29, 0.717) is 0 Å². The molecule has 0 bridgehead atoms. The summed E-state index contributed by atoms with van der Waals surface area (Å²) in [6.45, 7) is 7.20. The number of ether oxygens (including phenoxy) is 1. The van der Waals surface area contributed by atoms with Gasteiger partial charge in [0.15, 0.2) is 0 Å². The second-order valence-corrected chi connectivity index (χ2v) is 4.37. The number of nitrogens with one attached hydrogen (secondary N) is 2. The van der Waals surface area contributed by atoms with Gasteiger partial charge in [-0.3, -0.25) is 0 Å². The van der Waals surface area contributed by atoms with Gasteiger partial charge in [-0.15, -0.1) is 0 Å². The van der Waals surface area contributed by atoms with Crippen molar-refractivity contribution in [2.24, 2.45) is 0 Å². The van der Waals surface area contributed by atoms with Crippen LogP contribution in [0.2, 0.25) is 0 Å². The third-order valence-electron chi connectivity index (χ3n) is 2.42. The molecule has 0 spiro atoms. The van der Waals surface area contributed by atoms with E-state index in [1.165, 1.54) is 12.8 Å². The molecule has 0 unspecified atom stereocenters. The fraction of sp³-hybridized carbons (Fsp3) is 1.00. The maximum atomic E-state index is 5.29. The highest BCUT2D eigenvalue weighted by Gasteiger charge is 2.19. The second kappa shape index (κ2) is 4.94. The van der Waals surface area contributed by atoms with Crippen molar-refractivity contribution in [2.45, 2.75) is 38.3 Å². The van der Waals surface area contributed by atoms with Crippen LogP contribution in [-0.2, 0) is 4.74 Å². The van der Waals surface area contributed by atoms with Gasteiger partial charge in [0.2, 0.25) is 0 Å². The first kappa shape index (κ1) is 11.0. The number of hydrogen-bond acceptors (Lipinski definition) is 3. The molecule has 2 N–H and O–H groups in total. The van der Waals surface area contributed by atoms with E-state index in [-0.39, 0.29) is 5.60 Å². The molecule has 0 aromatic heterocycles. The largest absolute Gasteiger partial charge is 0.377 e. The van der Waals surface area contributed by atoms with Gasteiger partial charge < -0.3 is 15.4 Å². The number of hydrogen-bond donors (Lipinski definition) is 2. The summed E-state index contributed by atoms with van der Waals surface area (Å²) in [6, 6.07) is 0.817. The van der Waals surface area contributed by atoms with E-state index in [1.54, 1.807) is 7.11 Å². The molecule has 0 aromatic rings. The lowest BCUT2D eigenvalue weighted by Gasteiger charge is -2.23. The Balaban J connectivity index is 1.87. The molecule has 0 heterocycles. The molecule has 1 saturated carbocycles. The summed E-state index contributed by atoms with van der Waals surface area (Å²) >= 11 is 0. The maximum Gasteiger partial charge on any atom is 0.0746 e. The standard InChI is InChI=1S/C10H22N2O/c1-10(2,13-3)8-11-6-7-12-9-4-5-9/h9,11-12H,4-8H2,1-3H3. The lowest BCUT2D eigenvalue weighted by Crippen LogP contribution is -2.39. The van der Waals surface area contributed by atoms with E-state index in [2.05, 4.69) is 24.5 Å². The fourth-order valence-electron chi connectivity index (χ4n) is 1.11. The summed E-state index contributed by atoms with van der Waals surface area (Å²) in [5.41, 5.74) is -0.0421. The van der Waals surface area contributed by atoms with Crippen LogP contribution in [0, 0.1) is 0 Å². The van der Waals surface area contributed by atoms with Crippen LogP contribution in [0.25, 0.3) is 0 Å². The summed E-state index contributed by atoms with van der Waals surface area (Å²) < 4.78 is 5.29. The molecule has 3 heteroatoms.